The number of halogens is 2. The van der Waals surface area contributed by atoms with E-state index in [0.717, 1.165) is 15.7 Å². The van der Waals surface area contributed by atoms with E-state index in [9.17, 15) is 4.79 Å². The number of alkyl halides is 1. The van der Waals surface area contributed by atoms with Gasteiger partial charge in [0.25, 0.3) is 0 Å². The van der Waals surface area contributed by atoms with Crippen LogP contribution >= 0.6 is 27.5 Å². The monoisotopic (exact) mass is 455 g/mol. The summed E-state index contributed by atoms with van der Waals surface area (Å²) < 4.78 is 6.19. The Labute approximate surface area is 169 Å². The fourth-order valence-corrected chi connectivity index (χ4v) is 2.85. The Bertz CT molecular complexity index is 627. The summed E-state index contributed by atoms with van der Waals surface area (Å²) in [5, 5.41) is -0.536. The van der Waals surface area contributed by atoms with Crippen LogP contribution < -0.4 is 4.74 Å². The van der Waals surface area contributed by atoms with Gasteiger partial charge in [-0.3, -0.25) is 4.79 Å². The van der Waals surface area contributed by atoms with E-state index in [1.807, 2.05) is 25.1 Å². The number of allylic oxidation sites excluding steroid dienone is 1. The van der Waals surface area contributed by atoms with Crippen LogP contribution in [0.3, 0.4) is 0 Å². The summed E-state index contributed by atoms with van der Waals surface area (Å²) >= 11 is 9.50. The van der Waals surface area contributed by atoms with Crippen LogP contribution in [0.25, 0.3) is 5.70 Å². The minimum absolute atomic E-state index is 0. The predicted octanol–water partition coefficient (Wildman–Crippen LogP) is 3.46. The minimum atomic E-state index is -0.536. The number of nitrogens with zero attached hydrogens (tertiary/aromatic N) is 1. The van der Waals surface area contributed by atoms with Crippen molar-refractivity contribution in [2.45, 2.75) is 18.7 Å². The molecular formula is C16H14BrClNO2Y-. The van der Waals surface area contributed by atoms with Crippen LogP contribution in [0.15, 0.2) is 22.7 Å². The molecule has 0 aromatic heterocycles. The van der Waals surface area contributed by atoms with Gasteiger partial charge in [0.05, 0.1) is 0 Å². The molecule has 0 saturated heterocycles. The van der Waals surface area contributed by atoms with E-state index in [-0.39, 0.29) is 45.2 Å². The van der Waals surface area contributed by atoms with Gasteiger partial charge in [-0.05, 0) is 19.1 Å². The number of terminal acetylenes is 1. The van der Waals surface area contributed by atoms with Crippen molar-refractivity contribution < 1.29 is 42.2 Å². The van der Waals surface area contributed by atoms with E-state index in [4.69, 9.17) is 22.8 Å². The van der Waals surface area contributed by atoms with E-state index >= 15 is 0 Å². The van der Waals surface area contributed by atoms with E-state index in [1.165, 1.54) is 0 Å². The third-order valence-electron chi connectivity index (χ3n) is 3.09. The van der Waals surface area contributed by atoms with Crippen molar-refractivity contribution in [3.8, 4) is 18.1 Å². The summed E-state index contributed by atoms with van der Waals surface area (Å²) in [6.45, 7) is 2.67. The zero-order chi connectivity index (χ0) is 15.4. The number of rotatable bonds is 4. The number of carbonyl (C=O) groups is 1. The number of ether oxygens (including phenoxy) is 1. The Balaban J connectivity index is 0.00000242. The maximum Gasteiger partial charge on any atom is 0.241 e. The average molecular weight is 457 g/mol. The largest absolute Gasteiger partial charge is 0.481 e. The molecule has 1 aromatic rings. The van der Waals surface area contributed by atoms with Gasteiger partial charge >= 0.3 is 0 Å². The molecule has 0 saturated carbocycles. The van der Waals surface area contributed by atoms with Gasteiger partial charge in [0, 0.05) is 39.3 Å². The van der Waals surface area contributed by atoms with Gasteiger partial charge in [0.1, 0.15) is 17.7 Å². The van der Waals surface area contributed by atoms with Crippen LogP contribution in [0, 0.1) is 18.4 Å². The van der Waals surface area contributed by atoms with Gasteiger partial charge < -0.3 is 9.64 Å². The first-order chi connectivity index (χ1) is 10.1. The van der Waals surface area contributed by atoms with Gasteiger partial charge in [-0.2, -0.15) is 0 Å². The summed E-state index contributed by atoms with van der Waals surface area (Å²) in [5.74, 6) is 3.00. The third kappa shape index (κ3) is 4.35. The topological polar surface area (TPSA) is 29.5 Å². The van der Waals surface area contributed by atoms with Crippen LogP contribution in [-0.2, 0) is 37.5 Å². The molecule has 1 aliphatic heterocycles. The summed E-state index contributed by atoms with van der Waals surface area (Å²) in [6.07, 6.45) is 8.79. The smallest absolute Gasteiger partial charge is 0.241 e. The summed E-state index contributed by atoms with van der Waals surface area (Å²) in [6, 6.07) is 5.52. The molecule has 0 spiro atoms. The molecule has 1 amide bonds. The van der Waals surface area contributed by atoms with Crippen LogP contribution in [0.1, 0.15) is 18.9 Å². The number of hydrogen-bond acceptors (Lipinski definition) is 2. The van der Waals surface area contributed by atoms with Crippen LogP contribution in [-0.4, -0.2) is 29.3 Å². The Morgan fingerprint density at radius 1 is 1.59 bits per heavy atom. The molecule has 1 atom stereocenters. The summed E-state index contributed by atoms with van der Waals surface area (Å²) in [4.78, 5) is 13.8. The van der Waals surface area contributed by atoms with E-state index < -0.39 is 5.38 Å². The summed E-state index contributed by atoms with van der Waals surface area (Å²) in [5.41, 5.74) is 1.62. The zero-order valence-corrected chi connectivity index (χ0v) is 17.3. The molecule has 1 radical (unpaired) electrons. The van der Waals surface area contributed by atoms with Crippen molar-refractivity contribution in [3.05, 3.63) is 34.3 Å². The maximum absolute atomic E-state index is 12.1. The molecule has 1 aromatic carbocycles. The second-order valence-corrected chi connectivity index (χ2v) is 5.80. The minimum Gasteiger partial charge on any atom is -0.481 e. The van der Waals surface area contributed by atoms with Gasteiger partial charge in [-0.1, -0.05) is 32.7 Å². The second-order valence-electron chi connectivity index (χ2n) is 4.41. The van der Waals surface area contributed by atoms with E-state index in [0.29, 0.717) is 18.7 Å². The Morgan fingerprint density at radius 3 is 2.91 bits per heavy atom. The standard InChI is InChI=1S/C16H14BrClNO2.Y/c1-3-9-21-11-5-6-12(13(17)10-11)15-8-7-14(18)16(20)19(15)4-2;/h1,5-6,10,14H,4,7,9H2,2H3;/q-1;. The van der Waals surface area contributed by atoms with Crippen molar-refractivity contribution in [2.75, 3.05) is 13.2 Å². The SMILES string of the molecule is C#CCOc1ccc(C2=[C-]CC(Cl)C(=O)N2CC)c(Br)c1.[Y]. The van der Waals surface area contributed by atoms with Crippen molar-refractivity contribution >= 4 is 39.1 Å². The molecule has 1 aliphatic rings. The molecule has 113 valence electrons. The number of carbonyl (C=O) groups excluding carboxylic acids is 1. The molecule has 0 N–H and O–H groups in total. The first-order valence-corrected chi connectivity index (χ1v) is 7.73. The van der Waals surface area contributed by atoms with Crippen LogP contribution in [0.4, 0.5) is 0 Å². The molecule has 0 bridgehead atoms. The molecule has 1 unspecified atom stereocenters. The first-order valence-electron chi connectivity index (χ1n) is 6.51. The third-order valence-corrected chi connectivity index (χ3v) is 4.08. The number of amides is 1. The molecule has 2 rings (SSSR count). The van der Waals surface area contributed by atoms with Crippen LogP contribution in [0.5, 0.6) is 5.75 Å². The molecule has 1 heterocycles. The molecule has 6 heteroatoms. The maximum atomic E-state index is 12.1. The van der Waals surface area contributed by atoms with E-state index in [1.54, 1.807) is 4.90 Å². The van der Waals surface area contributed by atoms with Gasteiger partial charge in [-0.25, -0.2) is 6.08 Å². The Hall–Kier alpha value is -0.336. The molecule has 0 aliphatic carbocycles. The Kier molecular flexibility index (Phi) is 8.14. The van der Waals surface area contributed by atoms with Gasteiger partial charge in [0.2, 0.25) is 5.91 Å². The zero-order valence-electron chi connectivity index (χ0n) is 12.1. The second kappa shape index (κ2) is 9.08. The average Bonchev–Trinajstić information content (AvgIpc) is 2.48. The van der Waals surface area contributed by atoms with Crippen molar-refractivity contribution in [1.82, 2.24) is 4.90 Å². The molecule has 0 fully saturated rings. The molecule has 3 nitrogen and oxygen atoms in total. The fourth-order valence-electron chi connectivity index (χ4n) is 2.11. The molecule has 22 heavy (non-hydrogen) atoms. The quantitative estimate of drug-likeness (QED) is 0.395. The van der Waals surface area contributed by atoms with E-state index in [2.05, 4.69) is 27.9 Å². The van der Waals surface area contributed by atoms with Crippen molar-refractivity contribution in [3.63, 3.8) is 0 Å². The first kappa shape index (κ1) is 19.7. The molecular weight excluding hydrogens is 442 g/mol. The normalized spacial score (nSPS) is 17.4. The van der Waals surface area contributed by atoms with Crippen molar-refractivity contribution in [1.29, 1.82) is 0 Å². The number of hydrogen-bond donors (Lipinski definition) is 0. The Morgan fingerprint density at radius 2 is 2.32 bits per heavy atom. The fraction of sp³-hybridized carbons (Fsp3) is 0.312. The number of benzene rings is 1. The van der Waals surface area contributed by atoms with Crippen LogP contribution in [0.2, 0.25) is 0 Å². The predicted molar refractivity (Wildman–Crippen MR) is 86.8 cm³/mol. The van der Waals surface area contributed by atoms with Crippen molar-refractivity contribution in [2.24, 2.45) is 0 Å². The van der Waals surface area contributed by atoms with Gasteiger partial charge in [0.15, 0.2) is 0 Å². The summed E-state index contributed by atoms with van der Waals surface area (Å²) in [7, 11) is 0. The van der Waals surface area contributed by atoms with Gasteiger partial charge in [-0.15, -0.1) is 35.4 Å².